The van der Waals surface area contributed by atoms with Crippen molar-refractivity contribution in [3.63, 3.8) is 0 Å². The van der Waals surface area contributed by atoms with Gasteiger partial charge in [0.2, 0.25) is 20.1 Å². The number of hydrogen-bond donors (Lipinski definition) is 1. The van der Waals surface area contributed by atoms with Crippen LogP contribution in [0.5, 0.6) is 0 Å². The Morgan fingerprint density at radius 2 is 1.85 bits per heavy atom. The summed E-state index contributed by atoms with van der Waals surface area (Å²) < 4.78 is 5.20. The molecule has 6 nitrogen and oxygen atoms in total. The SMILES string of the molecule is CC1(C)S[C@@H]2[C@H](NC(=O)Cc3ccccc3)C(=O)N2[C@H]1C(=O)O[Si](C)(C)C. The number of nitrogens with one attached hydrogen (secondary N) is 1. The first-order valence-corrected chi connectivity index (χ1v) is 13.3. The fraction of sp³-hybridized carbons (Fsp3) is 0.526. The van der Waals surface area contributed by atoms with Crippen molar-refractivity contribution in [3.8, 4) is 0 Å². The van der Waals surface area contributed by atoms with Crippen LogP contribution in [-0.2, 0) is 25.2 Å². The van der Waals surface area contributed by atoms with E-state index >= 15 is 0 Å². The number of amides is 2. The summed E-state index contributed by atoms with van der Waals surface area (Å²) in [5.74, 6) is -0.737. The summed E-state index contributed by atoms with van der Waals surface area (Å²) in [6.45, 7) is 9.73. The van der Waals surface area contributed by atoms with Crippen LogP contribution in [0.25, 0.3) is 0 Å². The molecule has 2 heterocycles. The number of fused-ring (bicyclic) bond motifs is 1. The van der Waals surface area contributed by atoms with E-state index in [0.29, 0.717) is 0 Å². The first-order chi connectivity index (χ1) is 12.5. The van der Waals surface area contributed by atoms with Crippen LogP contribution in [0.4, 0.5) is 0 Å². The van der Waals surface area contributed by atoms with Gasteiger partial charge in [-0.05, 0) is 39.1 Å². The van der Waals surface area contributed by atoms with E-state index < -0.39 is 25.1 Å². The minimum atomic E-state index is -2.05. The van der Waals surface area contributed by atoms with Gasteiger partial charge in [0.15, 0.2) is 0 Å². The third kappa shape index (κ3) is 4.06. The molecule has 1 aromatic rings. The third-order valence-corrected chi connectivity index (χ3v) is 6.98. The highest BCUT2D eigenvalue weighted by molar-refractivity contribution is 8.01. The molecule has 0 bridgehead atoms. The number of nitrogens with zero attached hydrogens (tertiary/aromatic N) is 1. The van der Waals surface area contributed by atoms with E-state index in [1.165, 1.54) is 0 Å². The van der Waals surface area contributed by atoms with Gasteiger partial charge in [0.1, 0.15) is 17.5 Å². The summed E-state index contributed by atoms with van der Waals surface area (Å²) in [7, 11) is -2.05. The number of hydrogen-bond acceptors (Lipinski definition) is 5. The Labute approximate surface area is 165 Å². The minimum absolute atomic E-state index is 0.189. The average molecular weight is 407 g/mol. The highest BCUT2D eigenvalue weighted by atomic mass is 32.2. The summed E-state index contributed by atoms with van der Waals surface area (Å²) in [5, 5.41) is 2.61. The number of thioether (sulfide) groups is 1. The third-order valence-electron chi connectivity index (χ3n) is 4.60. The lowest BCUT2D eigenvalue weighted by Crippen LogP contribution is -2.71. The van der Waals surface area contributed by atoms with Gasteiger partial charge in [-0.15, -0.1) is 11.8 Å². The monoisotopic (exact) mass is 406 g/mol. The lowest BCUT2D eigenvalue weighted by atomic mass is 9.96. The zero-order valence-electron chi connectivity index (χ0n) is 16.3. The van der Waals surface area contributed by atoms with Gasteiger partial charge in [0.25, 0.3) is 0 Å². The zero-order valence-corrected chi connectivity index (χ0v) is 18.1. The van der Waals surface area contributed by atoms with Gasteiger partial charge in [-0.25, -0.2) is 0 Å². The van der Waals surface area contributed by atoms with E-state index in [-0.39, 0.29) is 29.6 Å². The molecule has 2 aliphatic heterocycles. The van der Waals surface area contributed by atoms with Crippen molar-refractivity contribution in [2.75, 3.05) is 0 Å². The topological polar surface area (TPSA) is 75.7 Å². The van der Waals surface area contributed by atoms with E-state index in [1.807, 2.05) is 63.8 Å². The first kappa shape index (κ1) is 19.9. The maximum absolute atomic E-state index is 12.7. The van der Waals surface area contributed by atoms with Gasteiger partial charge >= 0.3 is 5.97 Å². The van der Waals surface area contributed by atoms with Crippen molar-refractivity contribution in [1.82, 2.24) is 10.2 Å². The Morgan fingerprint density at radius 1 is 1.22 bits per heavy atom. The van der Waals surface area contributed by atoms with Crippen LogP contribution in [-0.4, -0.2) is 53.2 Å². The van der Waals surface area contributed by atoms with E-state index in [0.717, 1.165) is 5.56 Å². The molecule has 0 aromatic heterocycles. The Kier molecular flexibility index (Phi) is 5.15. The second-order valence-corrected chi connectivity index (χ2v) is 14.7. The van der Waals surface area contributed by atoms with Crippen LogP contribution in [0.15, 0.2) is 30.3 Å². The molecule has 2 fully saturated rings. The average Bonchev–Trinajstić information content (AvgIpc) is 2.80. The number of carbonyl (C=O) groups excluding carboxylic acids is 3. The summed E-state index contributed by atoms with van der Waals surface area (Å²) in [5.41, 5.74) is 0.898. The molecule has 3 atom stereocenters. The number of benzene rings is 1. The van der Waals surface area contributed by atoms with Crippen LogP contribution in [0.1, 0.15) is 19.4 Å². The summed E-state index contributed by atoms with van der Waals surface area (Å²) in [4.78, 5) is 39.3. The van der Waals surface area contributed by atoms with Gasteiger partial charge in [-0.1, -0.05) is 30.3 Å². The lowest BCUT2D eigenvalue weighted by Gasteiger charge is -2.44. The molecule has 0 saturated carbocycles. The van der Waals surface area contributed by atoms with Crippen LogP contribution in [0.3, 0.4) is 0 Å². The van der Waals surface area contributed by atoms with Crippen LogP contribution in [0.2, 0.25) is 19.6 Å². The Morgan fingerprint density at radius 3 is 2.44 bits per heavy atom. The standard InChI is InChI=1S/C19H26N2O4SSi/c1-19(2)15(18(24)25-27(3,4)5)21-16(23)14(17(21)26-19)20-13(22)11-12-9-7-6-8-10-12/h6-10,14-15,17H,11H2,1-5H3,(H,20,22)/t14-,15+,17-/m1/s1. The molecule has 8 heteroatoms. The van der Waals surface area contributed by atoms with E-state index in [1.54, 1.807) is 16.7 Å². The molecule has 27 heavy (non-hydrogen) atoms. The molecule has 0 aliphatic carbocycles. The fourth-order valence-corrected chi connectivity index (χ4v) is 5.83. The molecule has 2 amide bonds. The summed E-state index contributed by atoms with van der Waals surface area (Å²) >= 11 is 1.55. The van der Waals surface area contributed by atoms with Crippen molar-refractivity contribution in [2.45, 2.75) is 62.1 Å². The van der Waals surface area contributed by atoms with Crippen molar-refractivity contribution in [2.24, 2.45) is 0 Å². The molecule has 0 spiro atoms. The van der Waals surface area contributed by atoms with E-state index in [9.17, 15) is 14.4 Å². The fourth-order valence-electron chi connectivity index (χ4n) is 3.49. The van der Waals surface area contributed by atoms with Gasteiger partial charge in [-0.3, -0.25) is 14.4 Å². The smallest absolute Gasteiger partial charge is 0.317 e. The molecule has 1 N–H and O–H groups in total. The molecule has 0 unspecified atom stereocenters. The predicted octanol–water partition coefficient (Wildman–Crippen LogP) is 2.15. The minimum Gasteiger partial charge on any atom is -0.518 e. The van der Waals surface area contributed by atoms with E-state index in [2.05, 4.69) is 5.32 Å². The number of β-lactam (4-membered cyclic amide) rings is 1. The Hall–Kier alpha value is -1.80. The molecule has 0 radical (unpaired) electrons. The normalized spacial score (nSPS) is 26.2. The lowest BCUT2D eigenvalue weighted by molar-refractivity contribution is -0.160. The Bertz CT molecular complexity index is 763. The van der Waals surface area contributed by atoms with Gasteiger partial charge in [0.05, 0.1) is 6.42 Å². The van der Waals surface area contributed by atoms with Crippen molar-refractivity contribution in [3.05, 3.63) is 35.9 Å². The van der Waals surface area contributed by atoms with Gasteiger partial charge in [-0.2, -0.15) is 0 Å². The molecule has 1 aromatic carbocycles. The predicted molar refractivity (Wildman–Crippen MR) is 108 cm³/mol. The maximum Gasteiger partial charge on any atom is 0.317 e. The molecular formula is C19H26N2O4SSi. The van der Waals surface area contributed by atoms with E-state index in [4.69, 9.17) is 4.43 Å². The Balaban J connectivity index is 1.67. The molecule has 2 saturated heterocycles. The highest BCUT2D eigenvalue weighted by Crippen LogP contribution is 2.51. The molecule has 3 rings (SSSR count). The number of carbonyl (C=O) groups is 3. The summed E-state index contributed by atoms with van der Waals surface area (Å²) in [6.07, 6.45) is 0.229. The molecular weight excluding hydrogens is 380 g/mol. The van der Waals surface area contributed by atoms with Crippen LogP contribution < -0.4 is 5.32 Å². The largest absolute Gasteiger partial charge is 0.518 e. The van der Waals surface area contributed by atoms with Crippen molar-refractivity contribution in [1.29, 1.82) is 0 Å². The second-order valence-electron chi connectivity index (χ2n) is 8.50. The number of rotatable bonds is 5. The van der Waals surface area contributed by atoms with Gasteiger partial charge in [0, 0.05) is 4.75 Å². The van der Waals surface area contributed by atoms with Crippen molar-refractivity contribution >= 4 is 37.9 Å². The quantitative estimate of drug-likeness (QED) is 0.599. The summed E-state index contributed by atoms with van der Waals surface area (Å²) in [6, 6.07) is 8.20. The zero-order chi connectivity index (χ0) is 20.0. The van der Waals surface area contributed by atoms with Crippen LogP contribution in [0, 0.1) is 0 Å². The highest BCUT2D eigenvalue weighted by Gasteiger charge is 2.64. The van der Waals surface area contributed by atoms with Crippen LogP contribution >= 0.6 is 11.8 Å². The first-order valence-electron chi connectivity index (χ1n) is 9.06. The maximum atomic E-state index is 12.7. The van der Waals surface area contributed by atoms with Gasteiger partial charge < -0.3 is 14.6 Å². The molecule has 146 valence electrons. The molecule has 2 aliphatic rings. The van der Waals surface area contributed by atoms with Crippen molar-refractivity contribution < 1.29 is 18.8 Å². The second kappa shape index (κ2) is 6.98.